The summed E-state index contributed by atoms with van der Waals surface area (Å²) in [6, 6.07) is 3.64. The number of esters is 1. The molecule has 0 radical (unpaired) electrons. The molecule has 0 amide bonds. The Morgan fingerprint density at radius 3 is 2.88 bits per heavy atom. The van der Waals surface area contributed by atoms with Gasteiger partial charge in [0.2, 0.25) is 0 Å². The van der Waals surface area contributed by atoms with Gasteiger partial charge in [-0.25, -0.2) is 9.18 Å². The first-order valence-corrected chi connectivity index (χ1v) is 4.91. The molecule has 0 fully saturated rings. The molecule has 0 spiro atoms. The zero-order valence-electron chi connectivity index (χ0n) is 8.94. The average molecular weight is 227 g/mol. The first kappa shape index (κ1) is 12.4. The Morgan fingerprint density at radius 1 is 1.62 bits per heavy atom. The number of nitrogens with two attached hydrogens (primary N) is 1. The van der Waals surface area contributed by atoms with Crippen LogP contribution < -0.4 is 5.73 Å². The number of aliphatic hydroxyl groups excluding tert-OH is 1. The van der Waals surface area contributed by atoms with Gasteiger partial charge in [-0.1, -0.05) is 0 Å². The molecule has 16 heavy (non-hydrogen) atoms. The Morgan fingerprint density at radius 2 is 2.31 bits per heavy atom. The van der Waals surface area contributed by atoms with Crippen LogP contribution >= 0.6 is 0 Å². The van der Waals surface area contributed by atoms with E-state index < -0.39 is 17.9 Å². The van der Waals surface area contributed by atoms with Crippen LogP contribution in [0.1, 0.15) is 23.7 Å². The molecular formula is C11H14FNO3. The van der Waals surface area contributed by atoms with Crippen LogP contribution in [0.15, 0.2) is 18.2 Å². The van der Waals surface area contributed by atoms with Crippen molar-refractivity contribution in [3.05, 3.63) is 29.6 Å². The van der Waals surface area contributed by atoms with Crippen molar-refractivity contribution in [3.8, 4) is 0 Å². The third kappa shape index (κ3) is 3.51. The zero-order chi connectivity index (χ0) is 12.1. The second-order valence-corrected chi connectivity index (χ2v) is 3.51. The molecule has 3 N–H and O–H groups in total. The second kappa shape index (κ2) is 5.46. The summed E-state index contributed by atoms with van der Waals surface area (Å²) in [6.45, 7) is 1.72. The van der Waals surface area contributed by atoms with Crippen molar-refractivity contribution in [3.63, 3.8) is 0 Å². The lowest BCUT2D eigenvalue weighted by Gasteiger charge is -2.06. The van der Waals surface area contributed by atoms with Crippen molar-refractivity contribution in [1.29, 1.82) is 0 Å². The lowest BCUT2D eigenvalue weighted by Crippen LogP contribution is -2.11. The van der Waals surface area contributed by atoms with E-state index in [1.165, 1.54) is 12.1 Å². The van der Waals surface area contributed by atoms with E-state index in [0.717, 1.165) is 6.07 Å². The highest BCUT2D eigenvalue weighted by Gasteiger charge is 2.09. The Bertz CT molecular complexity index is 379. The number of carbonyl (C=O) groups is 1. The van der Waals surface area contributed by atoms with Gasteiger partial charge in [0.05, 0.1) is 24.0 Å². The number of nitrogen functional groups attached to an aromatic ring is 1. The summed E-state index contributed by atoms with van der Waals surface area (Å²) >= 11 is 0. The molecule has 1 aromatic rings. The monoisotopic (exact) mass is 227 g/mol. The van der Waals surface area contributed by atoms with Crippen LogP contribution in [-0.2, 0) is 4.74 Å². The summed E-state index contributed by atoms with van der Waals surface area (Å²) in [6.07, 6.45) is -0.159. The number of hydrogen-bond acceptors (Lipinski definition) is 4. The number of ether oxygens (including phenoxy) is 1. The van der Waals surface area contributed by atoms with E-state index in [1.54, 1.807) is 6.92 Å². The Labute approximate surface area is 92.8 Å². The van der Waals surface area contributed by atoms with Crippen molar-refractivity contribution in [2.75, 3.05) is 12.3 Å². The number of carbonyl (C=O) groups excluding carboxylic acids is 1. The average Bonchev–Trinajstić information content (AvgIpc) is 2.21. The van der Waals surface area contributed by atoms with Crippen LogP contribution in [0.25, 0.3) is 0 Å². The standard InChI is InChI=1S/C11H14FNO3/c1-7(14)4-5-16-11(15)8-2-3-9(12)10(13)6-8/h2-3,6-7,14H,4-5,13H2,1H3. The summed E-state index contributed by atoms with van der Waals surface area (Å²) in [5.74, 6) is -1.15. The lowest BCUT2D eigenvalue weighted by molar-refractivity contribution is 0.0444. The maximum absolute atomic E-state index is 12.8. The molecule has 0 aliphatic rings. The van der Waals surface area contributed by atoms with Gasteiger partial charge >= 0.3 is 5.97 Å². The molecule has 88 valence electrons. The van der Waals surface area contributed by atoms with Gasteiger partial charge in [-0.3, -0.25) is 0 Å². The Balaban J connectivity index is 2.56. The normalized spacial score (nSPS) is 12.2. The molecule has 1 aromatic carbocycles. The van der Waals surface area contributed by atoms with Crippen molar-refractivity contribution in [1.82, 2.24) is 0 Å². The minimum Gasteiger partial charge on any atom is -0.462 e. The summed E-state index contributed by atoms with van der Waals surface area (Å²) < 4.78 is 17.7. The Kier molecular flexibility index (Phi) is 4.25. The molecule has 1 atom stereocenters. The molecule has 5 heteroatoms. The molecule has 0 aromatic heterocycles. The van der Waals surface area contributed by atoms with E-state index in [0.29, 0.717) is 6.42 Å². The van der Waals surface area contributed by atoms with Crippen LogP contribution in [0, 0.1) is 5.82 Å². The van der Waals surface area contributed by atoms with Gasteiger partial charge in [-0.05, 0) is 25.1 Å². The highest BCUT2D eigenvalue weighted by Crippen LogP contribution is 2.13. The van der Waals surface area contributed by atoms with Gasteiger partial charge in [0.1, 0.15) is 5.82 Å². The lowest BCUT2D eigenvalue weighted by atomic mass is 10.2. The fourth-order valence-corrected chi connectivity index (χ4v) is 1.08. The van der Waals surface area contributed by atoms with Crippen LogP contribution in [0.2, 0.25) is 0 Å². The molecule has 0 aliphatic heterocycles. The summed E-state index contributed by atoms with van der Waals surface area (Å²) in [5, 5.41) is 8.96. The minimum absolute atomic E-state index is 0.0926. The molecule has 1 unspecified atom stereocenters. The highest BCUT2D eigenvalue weighted by atomic mass is 19.1. The number of benzene rings is 1. The first-order chi connectivity index (χ1) is 7.50. The van der Waals surface area contributed by atoms with Crippen molar-refractivity contribution >= 4 is 11.7 Å². The number of anilines is 1. The van der Waals surface area contributed by atoms with Gasteiger partial charge in [0, 0.05) is 6.42 Å². The van der Waals surface area contributed by atoms with E-state index in [-0.39, 0.29) is 17.9 Å². The van der Waals surface area contributed by atoms with Crippen LogP contribution in [0.5, 0.6) is 0 Å². The molecule has 0 saturated carbocycles. The molecule has 0 saturated heterocycles. The summed E-state index contributed by atoms with van der Waals surface area (Å²) in [4.78, 5) is 11.4. The van der Waals surface area contributed by atoms with E-state index in [1.807, 2.05) is 0 Å². The molecule has 0 heterocycles. The predicted octanol–water partition coefficient (Wildman–Crippen LogP) is 1.34. The molecule has 0 aliphatic carbocycles. The van der Waals surface area contributed by atoms with Crippen LogP contribution in [0.4, 0.5) is 10.1 Å². The van der Waals surface area contributed by atoms with E-state index >= 15 is 0 Å². The summed E-state index contributed by atoms with van der Waals surface area (Å²) in [5.41, 5.74) is 5.42. The fourth-order valence-electron chi connectivity index (χ4n) is 1.08. The van der Waals surface area contributed by atoms with Gasteiger partial charge < -0.3 is 15.6 Å². The van der Waals surface area contributed by atoms with Crippen molar-refractivity contribution in [2.45, 2.75) is 19.4 Å². The van der Waals surface area contributed by atoms with Gasteiger partial charge in [0.25, 0.3) is 0 Å². The topological polar surface area (TPSA) is 72.5 Å². The SMILES string of the molecule is CC(O)CCOC(=O)c1ccc(F)c(N)c1. The van der Waals surface area contributed by atoms with Gasteiger partial charge in [-0.15, -0.1) is 0 Å². The number of rotatable bonds is 4. The third-order valence-electron chi connectivity index (χ3n) is 2.00. The van der Waals surface area contributed by atoms with Crippen LogP contribution in [0.3, 0.4) is 0 Å². The largest absolute Gasteiger partial charge is 0.462 e. The maximum atomic E-state index is 12.8. The quantitative estimate of drug-likeness (QED) is 0.601. The minimum atomic E-state index is -0.577. The second-order valence-electron chi connectivity index (χ2n) is 3.51. The predicted molar refractivity (Wildman–Crippen MR) is 57.4 cm³/mol. The van der Waals surface area contributed by atoms with Crippen molar-refractivity contribution < 1.29 is 19.0 Å². The number of hydrogen-bond donors (Lipinski definition) is 2. The smallest absolute Gasteiger partial charge is 0.338 e. The number of halogens is 1. The van der Waals surface area contributed by atoms with Gasteiger partial charge in [-0.2, -0.15) is 0 Å². The van der Waals surface area contributed by atoms with Crippen LogP contribution in [-0.4, -0.2) is 23.8 Å². The summed E-state index contributed by atoms with van der Waals surface area (Å²) in [7, 11) is 0. The molecule has 0 bridgehead atoms. The zero-order valence-corrected chi connectivity index (χ0v) is 8.94. The Hall–Kier alpha value is -1.62. The van der Waals surface area contributed by atoms with E-state index in [9.17, 15) is 9.18 Å². The third-order valence-corrected chi connectivity index (χ3v) is 2.00. The fraction of sp³-hybridized carbons (Fsp3) is 0.364. The van der Waals surface area contributed by atoms with Gasteiger partial charge in [0.15, 0.2) is 0 Å². The maximum Gasteiger partial charge on any atom is 0.338 e. The first-order valence-electron chi connectivity index (χ1n) is 4.91. The molecule has 4 nitrogen and oxygen atoms in total. The van der Waals surface area contributed by atoms with Crippen molar-refractivity contribution in [2.24, 2.45) is 0 Å². The molecular weight excluding hydrogens is 213 g/mol. The highest BCUT2D eigenvalue weighted by molar-refractivity contribution is 5.90. The van der Waals surface area contributed by atoms with E-state index in [2.05, 4.69) is 0 Å². The van der Waals surface area contributed by atoms with E-state index in [4.69, 9.17) is 15.6 Å². The number of aliphatic hydroxyl groups is 1. The molecule has 1 rings (SSSR count).